The summed E-state index contributed by atoms with van der Waals surface area (Å²) in [7, 11) is 0. The van der Waals surface area contributed by atoms with Crippen molar-refractivity contribution in [1.29, 1.82) is 0 Å². The van der Waals surface area contributed by atoms with E-state index in [0.717, 1.165) is 47.7 Å². The molecular formula is C34H49FN4O. The van der Waals surface area contributed by atoms with Crippen LogP contribution in [0.5, 0.6) is 0 Å². The first kappa shape index (κ1) is 31.5. The second-order valence-corrected chi connectivity index (χ2v) is 11.3. The van der Waals surface area contributed by atoms with Gasteiger partial charge in [0.05, 0.1) is 29.0 Å². The Bertz CT molecular complexity index is 1190. The van der Waals surface area contributed by atoms with Gasteiger partial charge in [0.25, 0.3) is 5.56 Å². The summed E-state index contributed by atoms with van der Waals surface area (Å²) in [6, 6.07) is 12.1. The van der Waals surface area contributed by atoms with E-state index in [0.29, 0.717) is 0 Å². The van der Waals surface area contributed by atoms with Gasteiger partial charge < -0.3 is 4.90 Å². The fourth-order valence-electron chi connectivity index (χ4n) is 5.30. The number of benzene rings is 1. The molecule has 6 heteroatoms. The molecule has 3 aromatic rings. The van der Waals surface area contributed by atoms with E-state index >= 15 is 0 Å². The van der Waals surface area contributed by atoms with Gasteiger partial charge in [-0.3, -0.25) is 9.78 Å². The van der Waals surface area contributed by atoms with E-state index in [4.69, 9.17) is 4.98 Å². The van der Waals surface area contributed by atoms with E-state index in [1.807, 2.05) is 18.2 Å². The Balaban J connectivity index is 1.56. The molecule has 1 N–H and O–H groups in total. The third kappa shape index (κ3) is 10.5. The van der Waals surface area contributed by atoms with Gasteiger partial charge >= 0.3 is 0 Å². The van der Waals surface area contributed by atoms with Crippen LogP contribution < -0.4 is 10.5 Å². The number of nitrogens with one attached hydrogen (secondary N) is 1. The summed E-state index contributed by atoms with van der Waals surface area (Å²) in [5.41, 5.74) is 3.93. The molecule has 3 rings (SSSR count). The number of aromatic amines is 1. The van der Waals surface area contributed by atoms with Crippen molar-refractivity contribution < 1.29 is 4.39 Å². The lowest BCUT2D eigenvalue weighted by Gasteiger charge is -2.28. The van der Waals surface area contributed by atoms with Crippen LogP contribution in [0, 0.1) is 5.82 Å². The predicted octanol–water partition coefficient (Wildman–Crippen LogP) is 9.71. The number of aromatic nitrogens is 3. The first-order valence-corrected chi connectivity index (χ1v) is 15.6. The SMILES string of the molecule is CCCCCCCCCCCCCCCCN(c1cn[nH]c(=O)c1)c1ccc(-c2cccc(F)c2)nc1C(C)C. The summed E-state index contributed by atoms with van der Waals surface area (Å²) < 4.78 is 13.9. The highest BCUT2D eigenvalue weighted by molar-refractivity contribution is 5.69. The second kappa shape index (κ2) is 17.6. The van der Waals surface area contributed by atoms with Crippen LogP contribution >= 0.6 is 0 Å². The van der Waals surface area contributed by atoms with E-state index in [9.17, 15) is 9.18 Å². The monoisotopic (exact) mass is 548 g/mol. The Kier molecular flexibility index (Phi) is 13.9. The first-order valence-electron chi connectivity index (χ1n) is 15.6. The van der Waals surface area contributed by atoms with E-state index < -0.39 is 0 Å². The van der Waals surface area contributed by atoms with Crippen LogP contribution in [-0.4, -0.2) is 21.7 Å². The zero-order valence-electron chi connectivity index (χ0n) is 24.9. The summed E-state index contributed by atoms with van der Waals surface area (Å²) in [5, 5.41) is 6.54. The highest BCUT2D eigenvalue weighted by Crippen LogP contribution is 2.33. The lowest BCUT2D eigenvalue weighted by atomic mass is 10.0. The van der Waals surface area contributed by atoms with Crippen LogP contribution in [0.3, 0.4) is 0 Å². The molecule has 0 spiro atoms. The molecule has 2 aromatic heterocycles. The summed E-state index contributed by atoms with van der Waals surface area (Å²) in [4.78, 5) is 19.2. The summed E-state index contributed by atoms with van der Waals surface area (Å²) >= 11 is 0. The topological polar surface area (TPSA) is 61.9 Å². The predicted molar refractivity (Wildman–Crippen MR) is 166 cm³/mol. The zero-order valence-corrected chi connectivity index (χ0v) is 24.9. The third-order valence-corrected chi connectivity index (χ3v) is 7.56. The number of rotatable bonds is 19. The van der Waals surface area contributed by atoms with Gasteiger partial charge in [-0.25, -0.2) is 9.49 Å². The normalized spacial score (nSPS) is 11.3. The van der Waals surface area contributed by atoms with E-state index in [2.05, 4.69) is 35.9 Å². The largest absolute Gasteiger partial charge is 0.339 e. The molecule has 0 amide bonds. The van der Waals surface area contributed by atoms with Crippen LogP contribution in [0.25, 0.3) is 11.3 Å². The lowest BCUT2D eigenvalue weighted by Crippen LogP contribution is -2.23. The maximum Gasteiger partial charge on any atom is 0.266 e. The minimum absolute atomic E-state index is 0.150. The number of pyridine rings is 1. The highest BCUT2D eigenvalue weighted by atomic mass is 19.1. The van der Waals surface area contributed by atoms with E-state index in [1.54, 1.807) is 18.3 Å². The molecule has 0 saturated carbocycles. The molecule has 0 aliphatic heterocycles. The van der Waals surface area contributed by atoms with Gasteiger partial charge in [0.1, 0.15) is 5.82 Å². The van der Waals surface area contributed by atoms with Crippen molar-refractivity contribution in [3.8, 4) is 11.3 Å². The molecule has 1 aromatic carbocycles. The number of H-pyrrole nitrogens is 1. The Morgan fingerprint density at radius 1 is 0.825 bits per heavy atom. The molecule has 218 valence electrons. The third-order valence-electron chi connectivity index (χ3n) is 7.56. The van der Waals surface area contributed by atoms with Gasteiger partial charge in [-0.15, -0.1) is 0 Å². The molecule has 5 nitrogen and oxygen atoms in total. The van der Waals surface area contributed by atoms with Gasteiger partial charge in [-0.05, 0) is 36.6 Å². The standard InChI is InChI=1S/C34H49FN4O/c1-4-5-6-7-8-9-10-11-12-13-14-15-16-17-23-39(30-25-33(40)38-36-26-30)32-22-21-31(37-34(32)27(2)3)28-19-18-20-29(35)24-28/h18-22,24-27H,4-17,23H2,1-3H3,(H,38,40). The van der Waals surface area contributed by atoms with Crippen molar-refractivity contribution in [2.24, 2.45) is 0 Å². The highest BCUT2D eigenvalue weighted by Gasteiger charge is 2.19. The van der Waals surface area contributed by atoms with Crippen molar-refractivity contribution in [2.45, 2.75) is 117 Å². The average Bonchev–Trinajstić information content (AvgIpc) is 2.95. The average molecular weight is 549 g/mol. The molecule has 0 bridgehead atoms. The summed E-state index contributed by atoms with van der Waals surface area (Å²) in [6.45, 7) is 7.28. The molecule has 2 heterocycles. The van der Waals surface area contributed by atoms with Gasteiger partial charge in [-0.1, -0.05) is 116 Å². The number of anilines is 2. The van der Waals surface area contributed by atoms with E-state index in [1.165, 1.54) is 89.2 Å². The fraction of sp³-hybridized carbons (Fsp3) is 0.559. The molecule has 0 saturated heterocycles. The molecule has 40 heavy (non-hydrogen) atoms. The number of hydrogen-bond acceptors (Lipinski definition) is 4. The smallest absolute Gasteiger partial charge is 0.266 e. The fourth-order valence-corrected chi connectivity index (χ4v) is 5.30. The first-order chi connectivity index (χ1) is 19.5. The van der Waals surface area contributed by atoms with Crippen molar-refractivity contribution >= 4 is 11.4 Å². The van der Waals surface area contributed by atoms with Gasteiger partial charge in [0.2, 0.25) is 0 Å². The Labute approximate surface area is 240 Å². The van der Waals surface area contributed by atoms with E-state index in [-0.39, 0.29) is 17.3 Å². The van der Waals surface area contributed by atoms with Crippen LogP contribution in [0.4, 0.5) is 15.8 Å². The Morgan fingerprint density at radius 2 is 1.45 bits per heavy atom. The molecule has 0 aliphatic rings. The van der Waals surface area contributed by atoms with Crippen LogP contribution in [0.2, 0.25) is 0 Å². The van der Waals surface area contributed by atoms with Crippen LogP contribution in [-0.2, 0) is 0 Å². The van der Waals surface area contributed by atoms with Gasteiger partial charge in [0, 0.05) is 18.2 Å². The van der Waals surface area contributed by atoms with Crippen molar-refractivity contribution in [3.05, 3.63) is 70.5 Å². The Hall–Kier alpha value is -3.02. The maximum atomic E-state index is 13.9. The molecule has 0 atom stereocenters. The molecule has 0 radical (unpaired) electrons. The maximum absolute atomic E-state index is 13.9. The summed E-state index contributed by atoms with van der Waals surface area (Å²) in [5.74, 6) is -0.124. The number of nitrogens with zero attached hydrogens (tertiary/aromatic N) is 3. The number of hydrogen-bond donors (Lipinski definition) is 1. The number of unbranched alkanes of at least 4 members (excludes halogenated alkanes) is 13. The van der Waals surface area contributed by atoms with Gasteiger partial charge in [-0.2, -0.15) is 5.10 Å². The second-order valence-electron chi connectivity index (χ2n) is 11.3. The minimum atomic E-state index is -0.275. The molecule has 0 fully saturated rings. The van der Waals surface area contributed by atoms with Gasteiger partial charge in [0.15, 0.2) is 0 Å². The number of halogens is 1. The van der Waals surface area contributed by atoms with Crippen LogP contribution in [0.1, 0.15) is 122 Å². The van der Waals surface area contributed by atoms with Crippen molar-refractivity contribution in [1.82, 2.24) is 15.2 Å². The lowest BCUT2D eigenvalue weighted by molar-refractivity contribution is 0.536. The zero-order chi connectivity index (χ0) is 28.6. The molecular weight excluding hydrogens is 499 g/mol. The van der Waals surface area contributed by atoms with Crippen LogP contribution in [0.15, 0.2) is 53.5 Å². The van der Waals surface area contributed by atoms with Crippen molar-refractivity contribution in [3.63, 3.8) is 0 Å². The molecule has 0 unspecified atom stereocenters. The summed E-state index contributed by atoms with van der Waals surface area (Å²) in [6.07, 6.45) is 20.1. The molecule has 0 aliphatic carbocycles. The Morgan fingerprint density at radius 3 is 2.02 bits per heavy atom. The quantitative estimate of drug-likeness (QED) is 0.151. The van der Waals surface area contributed by atoms with Crippen molar-refractivity contribution in [2.75, 3.05) is 11.4 Å². The minimum Gasteiger partial charge on any atom is -0.339 e.